The molecule has 0 spiro atoms. The summed E-state index contributed by atoms with van der Waals surface area (Å²) in [5.41, 5.74) is -1.58. The van der Waals surface area contributed by atoms with Crippen molar-refractivity contribution in [2.75, 3.05) is 31.6 Å². The zero-order chi connectivity index (χ0) is 20.1. The molecule has 0 aliphatic carbocycles. The van der Waals surface area contributed by atoms with Gasteiger partial charge in [0, 0.05) is 25.3 Å². The number of hydrogen-bond acceptors (Lipinski definition) is 5. The van der Waals surface area contributed by atoms with Gasteiger partial charge in [0.25, 0.3) is 0 Å². The Bertz CT molecular complexity index is 1010. The van der Waals surface area contributed by atoms with Crippen LogP contribution in [0.1, 0.15) is 22.7 Å². The Labute approximate surface area is 161 Å². The first-order valence-electron chi connectivity index (χ1n) is 8.82. The van der Waals surface area contributed by atoms with E-state index in [-0.39, 0.29) is 11.8 Å². The van der Waals surface area contributed by atoms with Gasteiger partial charge in [-0.25, -0.2) is 0 Å². The van der Waals surface area contributed by atoms with Crippen molar-refractivity contribution in [2.24, 2.45) is 0 Å². The SMILES string of the molecule is CN1CCN2c3ccc(OS(=O)(=O)C(F)(F)F)cc3Cc3ccccc3C2C1. The summed E-state index contributed by atoms with van der Waals surface area (Å²) in [6.07, 6.45) is 0.492. The van der Waals surface area contributed by atoms with E-state index in [9.17, 15) is 21.6 Å². The van der Waals surface area contributed by atoms with E-state index in [2.05, 4.69) is 27.1 Å². The van der Waals surface area contributed by atoms with Crippen molar-refractivity contribution >= 4 is 15.8 Å². The van der Waals surface area contributed by atoms with E-state index in [1.54, 1.807) is 6.07 Å². The molecule has 150 valence electrons. The lowest BCUT2D eigenvalue weighted by Gasteiger charge is -2.41. The van der Waals surface area contributed by atoms with Gasteiger partial charge in [-0.3, -0.25) is 0 Å². The number of likely N-dealkylation sites (N-methyl/N-ethyl adjacent to an activating group) is 1. The van der Waals surface area contributed by atoms with E-state index in [0.29, 0.717) is 6.42 Å². The summed E-state index contributed by atoms with van der Waals surface area (Å²) in [5.74, 6) is -0.332. The second kappa shape index (κ2) is 6.66. The Kier molecular flexibility index (Phi) is 4.54. The van der Waals surface area contributed by atoms with Crippen molar-refractivity contribution in [2.45, 2.75) is 18.0 Å². The fraction of sp³-hybridized carbons (Fsp3) is 0.368. The normalized spacial score (nSPS) is 20.0. The number of rotatable bonds is 2. The highest BCUT2D eigenvalue weighted by molar-refractivity contribution is 7.88. The summed E-state index contributed by atoms with van der Waals surface area (Å²) in [5, 5.41) is 0. The minimum atomic E-state index is -5.70. The van der Waals surface area contributed by atoms with Crippen molar-refractivity contribution in [3.63, 3.8) is 0 Å². The molecule has 0 aromatic heterocycles. The molecule has 1 fully saturated rings. The number of alkyl halides is 3. The number of halogens is 3. The summed E-state index contributed by atoms with van der Waals surface area (Å²) < 4.78 is 65.0. The van der Waals surface area contributed by atoms with Crippen LogP contribution in [0.5, 0.6) is 5.75 Å². The maximum absolute atomic E-state index is 12.7. The number of hydrogen-bond donors (Lipinski definition) is 0. The minimum absolute atomic E-state index is 0.127. The number of anilines is 1. The molecule has 2 aromatic carbocycles. The number of piperazine rings is 1. The minimum Gasteiger partial charge on any atom is -0.376 e. The molecule has 0 bridgehead atoms. The molecule has 0 N–H and O–H groups in total. The van der Waals surface area contributed by atoms with Crippen LogP contribution < -0.4 is 9.08 Å². The van der Waals surface area contributed by atoms with Gasteiger partial charge in [0.2, 0.25) is 0 Å². The van der Waals surface area contributed by atoms with E-state index in [4.69, 9.17) is 0 Å². The van der Waals surface area contributed by atoms with Gasteiger partial charge in [-0.05, 0) is 48.4 Å². The molecule has 2 aromatic rings. The van der Waals surface area contributed by atoms with Gasteiger partial charge in [-0.1, -0.05) is 24.3 Å². The smallest absolute Gasteiger partial charge is 0.376 e. The van der Waals surface area contributed by atoms with E-state index < -0.39 is 15.6 Å². The molecule has 2 heterocycles. The fourth-order valence-electron chi connectivity index (χ4n) is 3.91. The molecular weight excluding hydrogens is 393 g/mol. The first-order valence-corrected chi connectivity index (χ1v) is 10.2. The molecule has 0 amide bonds. The second-order valence-electron chi connectivity index (χ2n) is 7.12. The lowest BCUT2D eigenvalue weighted by molar-refractivity contribution is -0.0500. The number of fused-ring (bicyclic) bond motifs is 5. The Morgan fingerprint density at radius 1 is 1.07 bits per heavy atom. The van der Waals surface area contributed by atoms with Crippen molar-refractivity contribution in [1.82, 2.24) is 4.90 Å². The Balaban J connectivity index is 1.77. The highest BCUT2D eigenvalue weighted by atomic mass is 32.2. The van der Waals surface area contributed by atoms with Crippen LogP contribution in [0, 0.1) is 0 Å². The zero-order valence-corrected chi connectivity index (χ0v) is 15.9. The molecule has 28 heavy (non-hydrogen) atoms. The highest BCUT2D eigenvalue weighted by Crippen LogP contribution is 2.40. The van der Waals surface area contributed by atoms with Crippen LogP contribution in [-0.2, 0) is 16.5 Å². The molecule has 1 atom stereocenters. The standard InChI is InChI=1S/C19H19F3N2O3S/c1-23-8-9-24-17-7-6-15(27-28(25,26)19(20,21)22)11-14(17)10-13-4-2-3-5-16(13)18(24)12-23/h2-7,11,18H,8-10,12H2,1H3. The third-order valence-electron chi connectivity index (χ3n) is 5.23. The summed E-state index contributed by atoms with van der Waals surface area (Å²) >= 11 is 0. The number of benzene rings is 2. The predicted molar refractivity (Wildman–Crippen MR) is 98.9 cm³/mol. The maximum atomic E-state index is 12.7. The molecule has 4 rings (SSSR count). The largest absolute Gasteiger partial charge is 0.534 e. The summed E-state index contributed by atoms with van der Waals surface area (Å²) in [6.45, 7) is 2.46. The maximum Gasteiger partial charge on any atom is 0.534 e. The summed E-state index contributed by atoms with van der Waals surface area (Å²) in [7, 11) is -3.64. The Hall–Kier alpha value is -2.26. The van der Waals surface area contributed by atoms with Crippen LogP contribution in [0.4, 0.5) is 18.9 Å². The lowest BCUT2D eigenvalue weighted by Crippen LogP contribution is -2.46. The molecule has 2 aliphatic rings. The van der Waals surface area contributed by atoms with Crippen LogP contribution >= 0.6 is 0 Å². The van der Waals surface area contributed by atoms with Gasteiger partial charge in [0.15, 0.2) is 0 Å². The Morgan fingerprint density at radius 3 is 2.57 bits per heavy atom. The first kappa shape index (κ1) is 19.1. The van der Waals surface area contributed by atoms with Gasteiger partial charge in [0.05, 0.1) is 6.04 Å². The van der Waals surface area contributed by atoms with Gasteiger partial charge in [0.1, 0.15) is 5.75 Å². The topological polar surface area (TPSA) is 49.9 Å². The highest BCUT2D eigenvalue weighted by Gasteiger charge is 2.48. The van der Waals surface area contributed by atoms with Gasteiger partial charge in [-0.15, -0.1) is 0 Å². The molecule has 1 unspecified atom stereocenters. The van der Waals surface area contributed by atoms with Crippen LogP contribution in [0.2, 0.25) is 0 Å². The predicted octanol–water partition coefficient (Wildman–Crippen LogP) is 3.31. The monoisotopic (exact) mass is 412 g/mol. The van der Waals surface area contributed by atoms with Gasteiger partial charge < -0.3 is 14.0 Å². The van der Waals surface area contributed by atoms with Crippen molar-refractivity contribution in [3.05, 3.63) is 59.2 Å². The Morgan fingerprint density at radius 2 is 1.82 bits per heavy atom. The molecule has 5 nitrogen and oxygen atoms in total. The van der Waals surface area contributed by atoms with E-state index in [0.717, 1.165) is 36.4 Å². The van der Waals surface area contributed by atoms with E-state index in [1.165, 1.54) is 17.7 Å². The zero-order valence-electron chi connectivity index (χ0n) is 15.1. The fourth-order valence-corrected chi connectivity index (χ4v) is 4.36. The molecular formula is C19H19F3N2O3S. The first-order chi connectivity index (χ1) is 13.2. The molecule has 0 radical (unpaired) electrons. The average molecular weight is 412 g/mol. The van der Waals surface area contributed by atoms with E-state index >= 15 is 0 Å². The van der Waals surface area contributed by atoms with Gasteiger partial charge in [-0.2, -0.15) is 21.6 Å². The number of nitrogens with zero attached hydrogens (tertiary/aromatic N) is 2. The summed E-state index contributed by atoms with van der Waals surface area (Å²) in [6, 6.07) is 12.4. The lowest BCUT2D eigenvalue weighted by atomic mass is 9.96. The average Bonchev–Trinajstić information content (AvgIpc) is 2.74. The molecule has 2 aliphatic heterocycles. The molecule has 1 saturated heterocycles. The van der Waals surface area contributed by atoms with Crippen LogP contribution in [0.25, 0.3) is 0 Å². The van der Waals surface area contributed by atoms with Crippen LogP contribution in [-0.4, -0.2) is 45.5 Å². The van der Waals surface area contributed by atoms with Crippen LogP contribution in [0.3, 0.4) is 0 Å². The third-order valence-corrected chi connectivity index (χ3v) is 6.21. The third kappa shape index (κ3) is 3.33. The molecule has 9 heteroatoms. The quantitative estimate of drug-likeness (QED) is 0.560. The van der Waals surface area contributed by atoms with Crippen molar-refractivity contribution in [3.8, 4) is 5.75 Å². The molecule has 0 saturated carbocycles. The van der Waals surface area contributed by atoms with Gasteiger partial charge >= 0.3 is 15.6 Å². The van der Waals surface area contributed by atoms with E-state index in [1.807, 2.05) is 18.2 Å². The van der Waals surface area contributed by atoms with Crippen LogP contribution in [0.15, 0.2) is 42.5 Å². The van der Waals surface area contributed by atoms with Crippen molar-refractivity contribution < 1.29 is 25.8 Å². The van der Waals surface area contributed by atoms with Crippen molar-refractivity contribution in [1.29, 1.82) is 0 Å². The summed E-state index contributed by atoms with van der Waals surface area (Å²) in [4.78, 5) is 4.49. The second-order valence-corrected chi connectivity index (χ2v) is 8.66.